The molecule has 0 aromatic heterocycles. The van der Waals surface area contributed by atoms with Crippen LogP contribution in [-0.2, 0) is 10.0 Å². The second-order valence-corrected chi connectivity index (χ2v) is 7.48. The number of methoxy groups -OCH3 is 2. The SMILES string of the molecule is COc1cc(S(=O)(=O)NC(CN)C2CC2)c(OC)cc1Br.Cl. The largest absolute Gasteiger partial charge is 0.496 e. The molecular formula is C13H20BrClN2O4S. The van der Waals surface area contributed by atoms with E-state index in [0.29, 0.717) is 16.1 Å². The summed E-state index contributed by atoms with van der Waals surface area (Å²) in [5.74, 6) is 1.00. The smallest absolute Gasteiger partial charge is 0.244 e. The molecule has 0 radical (unpaired) electrons. The summed E-state index contributed by atoms with van der Waals surface area (Å²) < 4.78 is 38.8. The van der Waals surface area contributed by atoms with Crippen molar-refractivity contribution in [3.05, 3.63) is 16.6 Å². The van der Waals surface area contributed by atoms with Crippen LogP contribution >= 0.6 is 28.3 Å². The molecule has 1 fully saturated rings. The van der Waals surface area contributed by atoms with Crippen molar-refractivity contribution in [3.63, 3.8) is 0 Å². The minimum atomic E-state index is -3.72. The van der Waals surface area contributed by atoms with E-state index in [2.05, 4.69) is 20.7 Å². The second kappa shape index (κ2) is 7.83. The minimum Gasteiger partial charge on any atom is -0.496 e. The van der Waals surface area contributed by atoms with Gasteiger partial charge in [0.2, 0.25) is 10.0 Å². The fourth-order valence-corrected chi connectivity index (χ4v) is 4.11. The van der Waals surface area contributed by atoms with E-state index >= 15 is 0 Å². The minimum absolute atomic E-state index is 0. The first-order valence-electron chi connectivity index (χ1n) is 6.57. The third-order valence-electron chi connectivity index (χ3n) is 3.48. The Kier molecular flexibility index (Phi) is 6.94. The molecule has 1 unspecified atom stereocenters. The molecular weight excluding hydrogens is 396 g/mol. The molecule has 3 N–H and O–H groups in total. The molecule has 0 bridgehead atoms. The lowest BCUT2D eigenvalue weighted by Crippen LogP contribution is -2.41. The Morgan fingerprint density at radius 3 is 2.36 bits per heavy atom. The van der Waals surface area contributed by atoms with E-state index in [1.54, 1.807) is 6.07 Å². The quantitative estimate of drug-likeness (QED) is 0.710. The van der Waals surface area contributed by atoms with Crippen LogP contribution in [0, 0.1) is 5.92 Å². The van der Waals surface area contributed by atoms with Gasteiger partial charge in [-0.05, 0) is 40.8 Å². The van der Waals surface area contributed by atoms with E-state index in [0.717, 1.165) is 12.8 Å². The summed E-state index contributed by atoms with van der Waals surface area (Å²) >= 11 is 3.31. The van der Waals surface area contributed by atoms with E-state index < -0.39 is 10.0 Å². The van der Waals surface area contributed by atoms with E-state index in [1.807, 2.05) is 0 Å². The monoisotopic (exact) mass is 414 g/mol. The van der Waals surface area contributed by atoms with Gasteiger partial charge < -0.3 is 15.2 Å². The van der Waals surface area contributed by atoms with Crippen LogP contribution in [0.3, 0.4) is 0 Å². The fourth-order valence-electron chi connectivity index (χ4n) is 2.14. The van der Waals surface area contributed by atoms with Crippen LogP contribution in [0.5, 0.6) is 11.5 Å². The molecule has 1 saturated carbocycles. The number of nitrogens with two attached hydrogens (primary N) is 1. The Labute approximate surface area is 145 Å². The Morgan fingerprint density at radius 2 is 1.91 bits per heavy atom. The van der Waals surface area contributed by atoms with Crippen molar-refractivity contribution in [2.45, 2.75) is 23.8 Å². The molecule has 22 heavy (non-hydrogen) atoms. The summed E-state index contributed by atoms with van der Waals surface area (Å²) in [7, 11) is -0.824. The summed E-state index contributed by atoms with van der Waals surface area (Å²) in [6, 6.07) is 2.77. The van der Waals surface area contributed by atoms with Gasteiger partial charge in [0, 0.05) is 18.7 Å². The van der Waals surface area contributed by atoms with Crippen molar-refractivity contribution < 1.29 is 17.9 Å². The van der Waals surface area contributed by atoms with Gasteiger partial charge in [-0.15, -0.1) is 12.4 Å². The van der Waals surface area contributed by atoms with Gasteiger partial charge >= 0.3 is 0 Å². The van der Waals surface area contributed by atoms with Crippen molar-refractivity contribution in [2.75, 3.05) is 20.8 Å². The van der Waals surface area contributed by atoms with Gasteiger partial charge in [0.25, 0.3) is 0 Å². The van der Waals surface area contributed by atoms with Crippen LogP contribution in [0.15, 0.2) is 21.5 Å². The Balaban J connectivity index is 0.00000242. The third-order valence-corrected chi connectivity index (χ3v) is 5.61. The highest BCUT2D eigenvalue weighted by molar-refractivity contribution is 9.10. The fraction of sp³-hybridized carbons (Fsp3) is 0.538. The van der Waals surface area contributed by atoms with Gasteiger partial charge in [0.05, 0.1) is 18.7 Å². The normalized spacial score (nSPS) is 15.8. The van der Waals surface area contributed by atoms with Gasteiger partial charge in [-0.25, -0.2) is 13.1 Å². The summed E-state index contributed by atoms with van der Waals surface area (Å²) in [6.45, 7) is 0.278. The molecule has 0 heterocycles. The molecule has 0 aliphatic heterocycles. The van der Waals surface area contributed by atoms with Crippen LogP contribution < -0.4 is 19.9 Å². The number of rotatable bonds is 7. The molecule has 1 atom stereocenters. The maximum absolute atomic E-state index is 12.6. The average Bonchev–Trinajstić information content (AvgIpc) is 3.28. The predicted molar refractivity (Wildman–Crippen MR) is 90.4 cm³/mol. The summed E-state index contributed by atoms with van der Waals surface area (Å²) in [4.78, 5) is 0.0455. The molecule has 1 aliphatic rings. The average molecular weight is 416 g/mol. The van der Waals surface area contributed by atoms with Crippen molar-refractivity contribution >= 4 is 38.4 Å². The highest BCUT2D eigenvalue weighted by Gasteiger charge is 2.34. The highest BCUT2D eigenvalue weighted by atomic mass is 79.9. The molecule has 1 aromatic carbocycles. The van der Waals surface area contributed by atoms with Crippen molar-refractivity contribution in [2.24, 2.45) is 11.7 Å². The number of benzene rings is 1. The maximum atomic E-state index is 12.6. The van der Waals surface area contributed by atoms with E-state index in [4.69, 9.17) is 15.2 Å². The topological polar surface area (TPSA) is 90.7 Å². The lowest BCUT2D eigenvalue weighted by Gasteiger charge is -2.18. The van der Waals surface area contributed by atoms with E-state index in [1.165, 1.54) is 20.3 Å². The number of hydrogen-bond donors (Lipinski definition) is 2. The lowest BCUT2D eigenvalue weighted by molar-refractivity contribution is 0.389. The molecule has 6 nitrogen and oxygen atoms in total. The van der Waals surface area contributed by atoms with Crippen LogP contribution in [0.25, 0.3) is 0 Å². The van der Waals surface area contributed by atoms with Gasteiger partial charge in [-0.3, -0.25) is 0 Å². The van der Waals surface area contributed by atoms with Gasteiger partial charge in [0.15, 0.2) is 0 Å². The highest BCUT2D eigenvalue weighted by Crippen LogP contribution is 2.37. The number of hydrogen-bond acceptors (Lipinski definition) is 5. The predicted octanol–water partition coefficient (Wildman–Crippen LogP) is 1.90. The summed E-state index contributed by atoms with van der Waals surface area (Å²) in [5.41, 5.74) is 5.66. The molecule has 1 aliphatic carbocycles. The Hall–Kier alpha value is -0.540. The number of halogens is 2. The molecule has 0 spiro atoms. The standard InChI is InChI=1S/C13H19BrN2O4S.ClH/c1-19-11-6-13(12(20-2)5-9(11)14)21(17,18)16-10(7-15)8-3-4-8;/h5-6,8,10,16H,3-4,7,15H2,1-2H3;1H. The van der Waals surface area contributed by atoms with E-state index in [-0.39, 0.29) is 35.6 Å². The number of sulfonamides is 1. The first-order chi connectivity index (χ1) is 9.92. The molecule has 0 amide bonds. The zero-order valence-electron chi connectivity index (χ0n) is 12.3. The summed E-state index contributed by atoms with van der Waals surface area (Å²) in [5, 5.41) is 0. The molecule has 126 valence electrons. The first-order valence-corrected chi connectivity index (χ1v) is 8.84. The lowest BCUT2D eigenvalue weighted by atomic mass is 10.2. The van der Waals surface area contributed by atoms with Gasteiger partial charge in [0.1, 0.15) is 16.4 Å². The van der Waals surface area contributed by atoms with Gasteiger partial charge in [-0.2, -0.15) is 0 Å². The van der Waals surface area contributed by atoms with E-state index in [9.17, 15) is 8.42 Å². The van der Waals surface area contributed by atoms with Crippen molar-refractivity contribution in [1.29, 1.82) is 0 Å². The zero-order valence-corrected chi connectivity index (χ0v) is 15.6. The number of ether oxygens (including phenoxy) is 2. The van der Waals surface area contributed by atoms with Crippen LogP contribution in [0.2, 0.25) is 0 Å². The molecule has 1 aromatic rings. The van der Waals surface area contributed by atoms with Crippen LogP contribution in [0.1, 0.15) is 12.8 Å². The second-order valence-electron chi connectivity index (χ2n) is 4.94. The van der Waals surface area contributed by atoms with Crippen molar-refractivity contribution in [3.8, 4) is 11.5 Å². The molecule has 9 heteroatoms. The van der Waals surface area contributed by atoms with Gasteiger partial charge in [-0.1, -0.05) is 0 Å². The number of nitrogens with one attached hydrogen (secondary N) is 1. The van der Waals surface area contributed by atoms with Crippen LogP contribution in [0.4, 0.5) is 0 Å². The third kappa shape index (κ3) is 4.26. The molecule has 0 saturated heterocycles. The Bertz CT molecular complexity index is 623. The Morgan fingerprint density at radius 1 is 1.32 bits per heavy atom. The van der Waals surface area contributed by atoms with Crippen molar-refractivity contribution in [1.82, 2.24) is 4.72 Å². The maximum Gasteiger partial charge on any atom is 0.244 e. The summed E-state index contributed by atoms with van der Waals surface area (Å²) in [6.07, 6.45) is 2.01. The zero-order chi connectivity index (χ0) is 15.6. The first kappa shape index (κ1) is 19.5. The molecule has 2 rings (SSSR count). The van der Waals surface area contributed by atoms with Crippen LogP contribution in [-0.4, -0.2) is 35.2 Å².